The zero-order valence-electron chi connectivity index (χ0n) is 25.1. The molecular weight excluding hydrogens is 412 g/mol. The molecule has 1 heteroatoms. The number of methoxy groups -OCH3 is 1. The highest BCUT2D eigenvalue weighted by molar-refractivity contribution is 5.58. The van der Waals surface area contributed by atoms with Crippen LogP contribution in [0.4, 0.5) is 0 Å². The quantitative estimate of drug-likeness (QED) is 0.429. The Hall–Kier alpha value is -0.980. The van der Waals surface area contributed by atoms with E-state index in [1.807, 2.05) is 21.0 Å². The lowest BCUT2D eigenvalue weighted by Gasteiger charge is -2.60. The lowest BCUT2D eigenvalue weighted by atomic mass is 9.44. The first-order valence-electron chi connectivity index (χ1n) is 14.5. The zero-order chi connectivity index (χ0) is 25.9. The van der Waals surface area contributed by atoms with Gasteiger partial charge in [-0.1, -0.05) is 69.2 Å². The van der Waals surface area contributed by atoms with E-state index in [0.29, 0.717) is 22.7 Å². The molecule has 0 aromatic heterocycles. The maximum absolute atomic E-state index is 5.93. The second-order valence-corrected chi connectivity index (χ2v) is 13.3. The highest BCUT2D eigenvalue weighted by Gasteiger charge is 2.65. The predicted molar refractivity (Wildman–Crippen MR) is 149 cm³/mol. The Kier molecular flexibility index (Phi) is 7.69. The number of rotatable bonds is 3. The maximum atomic E-state index is 5.93. The Bertz CT molecular complexity index is 897. The van der Waals surface area contributed by atoms with Crippen molar-refractivity contribution in [3.8, 4) is 5.75 Å². The molecule has 2 saturated carbocycles. The first kappa shape index (κ1) is 27.6. The van der Waals surface area contributed by atoms with Gasteiger partial charge in [0.2, 0.25) is 0 Å². The summed E-state index contributed by atoms with van der Waals surface area (Å²) >= 11 is 0. The Labute approximate surface area is 212 Å². The first-order chi connectivity index (χ1) is 15.8. The fraction of sp³-hybridized carbons (Fsp3) is 0.818. The van der Waals surface area contributed by atoms with Crippen molar-refractivity contribution in [1.29, 1.82) is 0 Å². The molecule has 0 amide bonds. The van der Waals surface area contributed by atoms with Crippen LogP contribution < -0.4 is 4.74 Å². The predicted octanol–water partition coefficient (Wildman–Crippen LogP) is 9.85. The summed E-state index contributed by atoms with van der Waals surface area (Å²) in [5.74, 6) is 7.11. The molecule has 3 aliphatic rings. The normalized spacial score (nSPS) is 40.7. The second-order valence-electron chi connectivity index (χ2n) is 13.3. The molecule has 0 spiro atoms. The van der Waals surface area contributed by atoms with Crippen molar-refractivity contribution in [2.45, 2.75) is 121 Å². The minimum atomic E-state index is 0.452. The van der Waals surface area contributed by atoms with Gasteiger partial charge in [-0.05, 0) is 126 Å². The Morgan fingerprint density at radius 3 is 2.03 bits per heavy atom. The van der Waals surface area contributed by atoms with Crippen LogP contribution in [0.5, 0.6) is 5.75 Å². The molecule has 0 saturated heterocycles. The molecule has 1 aromatic carbocycles. The number of fused-ring (bicyclic) bond motifs is 5. The summed E-state index contributed by atoms with van der Waals surface area (Å²) in [6, 6.07) is 0. The van der Waals surface area contributed by atoms with Crippen LogP contribution in [-0.4, -0.2) is 7.11 Å². The fourth-order valence-corrected chi connectivity index (χ4v) is 9.83. The molecule has 2 fully saturated rings. The molecular formula is C33H56O. The average molecular weight is 469 g/mol. The molecule has 34 heavy (non-hydrogen) atoms. The topological polar surface area (TPSA) is 9.23 Å². The Balaban J connectivity index is 0.00000158. The van der Waals surface area contributed by atoms with Crippen LogP contribution in [0, 0.1) is 67.1 Å². The summed E-state index contributed by atoms with van der Waals surface area (Å²) in [4.78, 5) is 0. The van der Waals surface area contributed by atoms with Crippen molar-refractivity contribution < 1.29 is 4.74 Å². The van der Waals surface area contributed by atoms with Crippen LogP contribution in [0.25, 0.3) is 0 Å². The lowest BCUT2D eigenvalue weighted by molar-refractivity contribution is -0.0745. The maximum Gasteiger partial charge on any atom is 0.125 e. The van der Waals surface area contributed by atoms with Crippen molar-refractivity contribution in [2.24, 2.45) is 46.3 Å². The standard InChI is InChI=1S/C31H50O.C2H6/c1-16(2)14-30(10)18(4)13-24-27-20(6)19(5)26-23(9)29(32-12)22(8)21(7)28(26)25(27)17(3)15-31(24,30)11;1-2/h16-20,24-25,27H,13-15H2,1-12H3;1-2H3. The minimum absolute atomic E-state index is 0.452. The highest BCUT2D eigenvalue weighted by Crippen LogP contribution is 2.73. The monoisotopic (exact) mass is 468 g/mol. The summed E-state index contributed by atoms with van der Waals surface area (Å²) in [6.45, 7) is 31.5. The third-order valence-corrected chi connectivity index (χ3v) is 11.6. The number of hydrogen-bond acceptors (Lipinski definition) is 1. The molecule has 1 aromatic rings. The van der Waals surface area contributed by atoms with Gasteiger partial charge in [0.1, 0.15) is 5.75 Å². The molecule has 0 bridgehead atoms. The van der Waals surface area contributed by atoms with Gasteiger partial charge in [0.25, 0.3) is 0 Å². The van der Waals surface area contributed by atoms with Gasteiger partial charge in [-0.3, -0.25) is 0 Å². The zero-order valence-corrected chi connectivity index (χ0v) is 25.1. The SMILES string of the molecule is CC.COc1c(C)c(C)c2c(c1C)C(C)C(C)C1C2C(C)CC2(C)C1CC(C)C2(C)CC(C)C. The van der Waals surface area contributed by atoms with E-state index in [1.165, 1.54) is 36.0 Å². The smallest absolute Gasteiger partial charge is 0.125 e. The fourth-order valence-electron chi connectivity index (χ4n) is 9.83. The number of benzene rings is 1. The van der Waals surface area contributed by atoms with Crippen molar-refractivity contribution in [2.75, 3.05) is 7.11 Å². The Morgan fingerprint density at radius 1 is 0.912 bits per heavy atom. The van der Waals surface area contributed by atoms with Crippen molar-refractivity contribution >= 4 is 0 Å². The summed E-state index contributed by atoms with van der Waals surface area (Å²) < 4.78 is 5.93. The number of ether oxygens (including phenoxy) is 1. The van der Waals surface area contributed by atoms with E-state index in [2.05, 4.69) is 76.2 Å². The summed E-state index contributed by atoms with van der Waals surface area (Å²) in [5.41, 5.74) is 8.55. The van der Waals surface area contributed by atoms with Gasteiger partial charge < -0.3 is 4.74 Å². The van der Waals surface area contributed by atoms with E-state index in [0.717, 1.165) is 41.3 Å². The molecule has 0 N–H and O–H groups in total. The molecule has 0 radical (unpaired) electrons. The minimum Gasteiger partial charge on any atom is -0.496 e. The molecule has 9 atom stereocenters. The molecule has 3 aliphatic carbocycles. The van der Waals surface area contributed by atoms with E-state index in [4.69, 9.17) is 4.74 Å². The summed E-state index contributed by atoms with van der Waals surface area (Å²) in [5, 5.41) is 0. The molecule has 9 unspecified atom stereocenters. The largest absolute Gasteiger partial charge is 0.496 e. The van der Waals surface area contributed by atoms with Crippen molar-refractivity contribution in [3.63, 3.8) is 0 Å². The van der Waals surface area contributed by atoms with Gasteiger partial charge >= 0.3 is 0 Å². The van der Waals surface area contributed by atoms with Gasteiger partial charge in [-0.25, -0.2) is 0 Å². The number of hydrogen-bond donors (Lipinski definition) is 0. The molecule has 0 heterocycles. The Morgan fingerprint density at radius 2 is 1.50 bits per heavy atom. The van der Waals surface area contributed by atoms with E-state index < -0.39 is 0 Å². The molecule has 4 rings (SSSR count). The third-order valence-electron chi connectivity index (χ3n) is 11.6. The van der Waals surface area contributed by atoms with Gasteiger partial charge in [-0.15, -0.1) is 0 Å². The van der Waals surface area contributed by atoms with E-state index in [-0.39, 0.29) is 0 Å². The van der Waals surface area contributed by atoms with Crippen LogP contribution in [-0.2, 0) is 0 Å². The molecule has 1 nitrogen and oxygen atoms in total. The van der Waals surface area contributed by atoms with Gasteiger partial charge in [0, 0.05) is 0 Å². The molecule has 194 valence electrons. The van der Waals surface area contributed by atoms with Gasteiger partial charge in [0.15, 0.2) is 0 Å². The van der Waals surface area contributed by atoms with Gasteiger partial charge in [-0.2, -0.15) is 0 Å². The van der Waals surface area contributed by atoms with Crippen LogP contribution in [0.3, 0.4) is 0 Å². The first-order valence-corrected chi connectivity index (χ1v) is 14.5. The van der Waals surface area contributed by atoms with Crippen molar-refractivity contribution in [3.05, 3.63) is 27.8 Å². The molecule has 0 aliphatic heterocycles. The van der Waals surface area contributed by atoms with Crippen LogP contribution in [0.15, 0.2) is 0 Å². The average Bonchev–Trinajstić information content (AvgIpc) is 2.95. The third kappa shape index (κ3) is 3.61. The summed E-state index contributed by atoms with van der Waals surface area (Å²) in [7, 11) is 1.85. The van der Waals surface area contributed by atoms with Crippen molar-refractivity contribution in [1.82, 2.24) is 0 Å². The highest BCUT2D eigenvalue weighted by atomic mass is 16.5. The lowest BCUT2D eigenvalue weighted by Crippen LogP contribution is -2.52. The summed E-state index contributed by atoms with van der Waals surface area (Å²) in [6.07, 6.45) is 4.18. The van der Waals surface area contributed by atoms with E-state index >= 15 is 0 Å². The van der Waals surface area contributed by atoms with E-state index in [1.54, 1.807) is 11.1 Å². The van der Waals surface area contributed by atoms with Crippen LogP contribution in [0.1, 0.15) is 128 Å². The second kappa shape index (κ2) is 9.48. The van der Waals surface area contributed by atoms with E-state index in [9.17, 15) is 0 Å². The van der Waals surface area contributed by atoms with Crippen LogP contribution >= 0.6 is 0 Å². The van der Waals surface area contributed by atoms with Crippen LogP contribution in [0.2, 0.25) is 0 Å². The van der Waals surface area contributed by atoms with Gasteiger partial charge in [0.05, 0.1) is 7.11 Å².